The van der Waals surface area contributed by atoms with Crippen LogP contribution >= 0.6 is 0 Å². The van der Waals surface area contributed by atoms with Crippen molar-refractivity contribution in [2.24, 2.45) is 4.99 Å². The standard InChI is InChI=1S/C21H36N4O2/c1-6-22-21(24-17(4)10-9-15-25(7-2)8-3)23-16-18-11-13-19(14-12-18)20(26)27-5/h11-14,17H,6-10,15-16H2,1-5H3,(H2,22,23,24). The van der Waals surface area contributed by atoms with E-state index in [0.717, 1.165) is 44.1 Å². The van der Waals surface area contributed by atoms with Gasteiger partial charge in [0.15, 0.2) is 5.96 Å². The van der Waals surface area contributed by atoms with E-state index in [2.05, 4.69) is 48.2 Å². The highest BCUT2D eigenvalue weighted by Crippen LogP contribution is 2.07. The lowest BCUT2D eigenvalue weighted by molar-refractivity contribution is 0.0600. The average Bonchev–Trinajstić information content (AvgIpc) is 2.69. The molecule has 0 spiro atoms. The topological polar surface area (TPSA) is 66.0 Å². The zero-order chi connectivity index (χ0) is 20.1. The molecule has 1 aromatic rings. The second-order valence-corrected chi connectivity index (χ2v) is 6.60. The Morgan fingerprint density at radius 1 is 1.19 bits per heavy atom. The van der Waals surface area contributed by atoms with Gasteiger partial charge in [-0.3, -0.25) is 0 Å². The summed E-state index contributed by atoms with van der Waals surface area (Å²) in [6.07, 6.45) is 2.28. The predicted molar refractivity (Wildman–Crippen MR) is 112 cm³/mol. The first-order valence-electron chi connectivity index (χ1n) is 9.98. The molecule has 0 radical (unpaired) electrons. The lowest BCUT2D eigenvalue weighted by atomic mass is 10.1. The lowest BCUT2D eigenvalue weighted by Crippen LogP contribution is -2.42. The Kier molecular flexibility index (Phi) is 11.2. The molecule has 1 rings (SSSR count). The number of hydrogen-bond donors (Lipinski definition) is 2. The van der Waals surface area contributed by atoms with Crippen molar-refractivity contribution in [3.8, 4) is 0 Å². The number of rotatable bonds is 11. The molecule has 1 atom stereocenters. The Bertz CT molecular complexity index is 568. The SMILES string of the molecule is CCNC(=NCc1ccc(C(=O)OC)cc1)NC(C)CCCN(CC)CC. The van der Waals surface area contributed by atoms with Crippen LogP contribution in [0, 0.1) is 0 Å². The van der Waals surface area contributed by atoms with E-state index < -0.39 is 0 Å². The fraction of sp³-hybridized carbons (Fsp3) is 0.619. The number of ether oxygens (including phenoxy) is 1. The van der Waals surface area contributed by atoms with Crippen LogP contribution in [0.25, 0.3) is 0 Å². The molecule has 27 heavy (non-hydrogen) atoms. The normalized spacial score (nSPS) is 12.7. The van der Waals surface area contributed by atoms with Gasteiger partial charge < -0.3 is 20.3 Å². The molecule has 6 nitrogen and oxygen atoms in total. The molecule has 0 aliphatic carbocycles. The summed E-state index contributed by atoms with van der Waals surface area (Å²) in [5.74, 6) is 0.503. The van der Waals surface area contributed by atoms with Crippen molar-refractivity contribution in [3.63, 3.8) is 0 Å². The number of nitrogens with one attached hydrogen (secondary N) is 2. The van der Waals surface area contributed by atoms with E-state index in [1.54, 1.807) is 12.1 Å². The van der Waals surface area contributed by atoms with Gasteiger partial charge in [-0.25, -0.2) is 9.79 Å². The molecule has 1 aromatic carbocycles. The first-order chi connectivity index (χ1) is 13.0. The van der Waals surface area contributed by atoms with Crippen molar-refractivity contribution >= 4 is 11.9 Å². The molecule has 0 aromatic heterocycles. The fourth-order valence-corrected chi connectivity index (χ4v) is 2.82. The van der Waals surface area contributed by atoms with E-state index in [9.17, 15) is 4.79 Å². The van der Waals surface area contributed by atoms with E-state index in [4.69, 9.17) is 4.74 Å². The van der Waals surface area contributed by atoms with E-state index >= 15 is 0 Å². The third-order valence-corrected chi connectivity index (χ3v) is 4.53. The summed E-state index contributed by atoms with van der Waals surface area (Å²) in [7, 11) is 1.39. The second kappa shape index (κ2) is 13.1. The number of benzene rings is 1. The van der Waals surface area contributed by atoms with Gasteiger partial charge in [0.25, 0.3) is 0 Å². The number of hydrogen-bond acceptors (Lipinski definition) is 4. The highest BCUT2D eigenvalue weighted by molar-refractivity contribution is 5.89. The van der Waals surface area contributed by atoms with E-state index in [0.29, 0.717) is 18.2 Å². The summed E-state index contributed by atoms with van der Waals surface area (Å²) in [4.78, 5) is 18.6. The van der Waals surface area contributed by atoms with Gasteiger partial charge in [0, 0.05) is 12.6 Å². The predicted octanol–water partition coefficient (Wildman–Crippen LogP) is 3.04. The van der Waals surface area contributed by atoms with Gasteiger partial charge >= 0.3 is 5.97 Å². The van der Waals surface area contributed by atoms with Gasteiger partial charge in [0.05, 0.1) is 19.2 Å². The molecular weight excluding hydrogens is 340 g/mol. The zero-order valence-electron chi connectivity index (χ0n) is 17.5. The van der Waals surface area contributed by atoms with Crippen LogP contribution in [-0.2, 0) is 11.3 Å². The first kappa shape index (κ1) is 23.0. The van der Waals surface area contributed by atoms with Gasteiger partial charge in [-0.05, 0) is 64.0 Å². The fourth-order valence-electron chi connectivity index (χ4n) is 2.82. The van der Waals surface area contributed by atoms with Crippen LogP contribution in [0.1, 0.15) is 56.5 Å². The smallest absolute Gasteiger partial charge is 0.337 e. The summed E-state index contributed by atoms with van der Waals surface area (Å²) in [5.41, 5.74) is 1.60. The van der Waals surface area contributed by atoms with Crippen LogP contribution < -0.4 is 10.6 Å². The molecular formula is C21H36N4O2. The van der Waals surface area contributed by atoms with Crippen LogP contribution in [-0.4, -0.2) is 56.2 Å². The maximum Gasteiger partial charge on any atom is 0.337 e. The van der Waals surface area contributed by atoms with Crippen molar-refractivity contribution in [3.05, 3.63) is 35.4 Å². The van der Waals surface area contributed by atoms with E-state index in [1.165, 1.54) is 13.5 Å². The van der Waals surface area contributed by atoms with Gasteiger partial charge in [-0.15, -0.1) is 0 Å². The number of guanidine groups is 1. The minimum atomic E-state index is -0.321. The van der Waals surface area contributed by atoms with Crippen LogP contribution in [0.3, 0.4) is 0 Å². The second-order valence-electron chi connectivity index (χ2n) is 6.60. The molecule has 0 amide bonds. The Morgan fingerprint density at radius 2 is 1.85 bits per heavy atom. The van der Waals surface area contributed by atoms with Crippen LogP contribution in [0.2, 0.25) is 0 Å². The number of methoxy groups -OCH3 is 1. The molecule has 0 saturated carbocycles. The van der Waals surface area contributed by atoms with Crippen LogP contribution in [0.5, 0.6) is 0 Å². The first-order valence-corrected chi connectivity index (χ1v) is 9.98. The van der Waals surface area contributed by atoms with E-state index in [-0.39, 0.29) is 5.97 Å². The van der Waals surface area contributed by atoms with Crippen LogP contribution in [0.4, 0.5) is 0 Å². The molecule has 0 bridgehead atoms. The number of carbonyl (C=O) groups excluding carboxylic acids is 1. The van der Waals surface area contributed by atoms with Gasteiger partial charge in [-0.1, -0.05) is 26.0 Å². The summed E-state index contributed by atoms with van der Waals surface area (Å²) in [5, 5.41) is 6.78. The molecule has 6 heteroatoms. The highest BCUT2D eigenvalue weighted by atomic mass is 16.5. The lowest BCUT2D eigenvalue weighted by Gasteiger charge is -2.21. The number of esters is 1. The molecule has 0 aliphatic heterocycles. The largest absolute Gasteiger partial charge is 0.465 e. The monoisotopic (exact) mass is 376 g/mol. The van der Waals surface area contributed by atoms with Crippen molar-refractivity contribution in [1.29, 1.82) is 0 Å². The molecule has 0 heterocycles. The summed E-state index contributed by atoms with van der Waals surface area (Å²) in [6.45, 7) is 13.4. The number of aliphatic imine (C=N–C) groups is 1. The highest BCUT2D eigenvalue weighted by Gasteiger charge is 2.07. The third kappa shape index (κ3) is 8.91. The summed E-state index contributed by atoms with van der Waals surface area (Å²) < 4.78 is 4.72. The minimum Gasteiger partial charge on any atom is -0.465 e. The Labute approximate surface area is 164 Å². The van der Waals surface area contributed by atoms with Crippen LogP contribution in [0.15, 0.2) is 29.3 Å². The quantitative estimate of drug-likeness (QED) is 0.353. The summed E-state index contributed by atoms with van der Waals surface area (Å²) in [6, 6.07) is 7.72. The Morgan fingerprint density at radius 3 is 2.41 bits per heavy atom. The Balaban J connectivity index is 2.54. The van der Waals surface area contributed by atoms with Gasteiger partial charge in [0.1, 0.15) is 0 Å². The molecule has 0 saturated heterocycles. The number of carbonyl (C=O) groups is 1. The Hall–Kier alpha value is -2.08. The minimum absolute atomic E-state index is 0.321. The average molecular weight is 377 g/mol. The van der Waals surface area contributed by atoms with Crippen molar-refractivity contribution in [2.75, 3.05) is 33.3 Å². The van der Waals surface area contributed by atoms with Crippen molar-refractivity contribution in [2.45, 2.75) is 53.1 Å². The molecule has 152 valence electrons. The maximum atomic E-state index is 11.5. The van der Waals surface area contributed by atoms with Crippen molar-refractivity contribution < 1.29 is 9.53 Å². The molecule has 0 aliphatic rings. The van der Waals surface area contributed by atoms with E-state index in [1.807, 2.05) is 12.1 Å². The molecule has 0 fully saturated rings. The third-order valence-electron chi connectivity index (χ3n) is 4.53. The van der Waals surface area contributed by atoms with Gasteiger partial charge in [0.2, 0.25) is 0 Å². The zero-order valence-corrected chi connectivity index (χ0v) is 17.5. The molecule has 1 unspecified atom stereocenters. The number of nitrogens with zero attached hydrogens (tertiary/aromatic N) is 2. The maximum absolute atomic E-state index is 11.5. The summed E-state index contributed by atoms with van der Waals surface area (Å²) >= 11 is 0. The van der Waals surface area contributed by atoms with Crippen molar-refractivity contribution in [1.82, 2.24) is 15.5 Å². The molecule has 2 N–H and O–H groups in total. The van der Waals surface area contributed by atoms with Gasteiger partial charge in [-0.2, -0.15) is 0 Å².